The molecule has 4 heteroatoms. The largest absolute Gasteiger partial charge is 0.497 e. The van der Waals surface area contributed by atoms with Crippen LogP contribution < -0.4 is 9.47 Å². The molecule has 1 aromatic heterocycles. The number of pyridine rings is 1. The van der Waals surface area contributed by atoms with Gasteiger partial charge in [0, 0.05) is 5.39 Å². The average Bonchev–Trinajstić information content (AvgIpc) is 2.36. The number of carbonyl (C=O) groups excluding carboxylic acids is 1. The predicted molar refractivity (Wildman–Crippen MR) is 60.2 cm³/mol. The molecule has 0 spiro atoms. The van der Waals surface area contributed by atoms with Crippen molar-refractivity contribution < 1.29 is 14.3 Å². The second kappa shape index (κ2) is 4.18. The summed E-state index contributed by atoms with van der Waals surface area (Å²) in [6.45, 7) is 0. The Balaban J connectivity index is 2.68. The van der Waals surface area contributed by atoms with Crippen molar-refractivity contribution in [2.75, 3.05) is 14.2 Å². The van der Waals surface area contributed by atoms with Crippen LogP contribution in [-0.4, -0.2) is 25.5 Å². The molecule has 4 nitrogen and oxygen atoms in total. The summed E-state index contributed by atoms with van der Waals surface area (Å²) in [5.74, 6) is 1.07. The van der Waals surface area contributed by atoms with Gasteiger partial charge < -0.3 is 9.47 Å². The highest BCUT2D eigenvalue weighted by atomic mass is 16.5. The van der Waals surface area contributed by atoms with Gasteiger partial charge in [0.15, 0.2) is 6.29 Å². The molecule has 0 aliphatic rings. The number of methoxy groups -OCH3 is 2. The molecule has 0 atom stereocenters. The van der Waals surface area contributed by atoms with Crippen LogP contribution in [0, 0.1) is 0 Å². The standard InChI is InChI=1S/C12H11NO3/c1-15-10-3-4-11-8(6-10)5-9(7-14)12(13-11)16-2/h3-7H,1-2H3. The number of fused-ring (bicyclic) bond motifs is 1. The number of nitrogens with zero attached hydrogens (tertiary/aromatic N) is 1. The number of rotatable bonds is 3. The predicted octanol–water partition coefficient (Wildman–Crippen LogP) is 2.06. The smallest absolute Gasteiger partial charge is 0.224 e. The molecular formula is C12H11NO3. The topological polar surface area (TPSA) is 48.4 Å². The Morgan fingerprint density at radius 1 is 1.19 bits per heavy atom. The first kappa shape index (κ1) is 10.4. The van der Waals surface area contributed by atoms with Gasteiger partial charge in [-0.05, 0) is 24.3 Å². The lowest BCUT2D eigenvalue weighted by atomic mass is 10.1. The zero-order valence-corrected chi connectivity index (χ0v) is 9.06. The van der Waals surface area contributed by atoms with Crippen LogP contribution in [0.4, 0.5) is 0 Å². The maximum atomic E-state index is 10.8. The summed E-state index contributed by atoms with van der Waals surface area (Å²) < 4.78 is 10.1. The van der Waals surface area contributed by atoms with Crippen LogP contribution in [-0.2, 0) is 0 Å². The van der Waals surface area contributed by atoms with Crippen LogP contribution in [0.15, 0.2) is 24.3 Å². The Morgan fingerprint density at radius 3 is 2.62 bits per heavy atom. The van der Waals surface area contributed by atoms with E-state index in [1.807, 2.05) is 18.2 Å². The highest BCUT2D eigenvalue weighted by Crippen LogP contribution is 2.24. The first-order valence-corrected chi connectivity index (χ1v) is 4.76. The number of aromatic nitrogens is 1. The van der Waals surface area contributed by atoms with Crippen LogP contribution in [0.5, 0.6) is 11.6 Å². The SMILES string of the molecule is COc1ccc2nc(OC)c(C=O)cc2c1. The molecule has 16 heavy (non-hydrogen) atoms. The fourth-order valence-corrected chi connectivity index (χ4v) is 1.53. The lowest BCUT2D eigenvalue weighted by Crippen LogP contribution is -1.95. The van der Waals surface area contributed by atoms with E-state index in [1.165, 1.54) is 7.11 Å². The van der Waals surface area contributed by atoms with E-state index >= 15 is 0 Å². The Labute approximate surface area is 92.8 Å². The summed E-state index contributed by atoms with van der Waals surface area (Å²) in [6, 6.07) is 7.20. The van der Waals surface area contributed by atoms with Gasteiger partial charge in [-0.15, -0.1) is 0 Å². The van der Waals surface area contributed by atoms with Gasteiger partial charge in [0.25, 0.3) is 0 Å². The summed E-state index contributed by atoms with van der Waals surface area (Å²) in [4.78, 5) is 15.1. The highest BCUT2D eigenvalue weighted by Gasteiger charge is 2.06. The van der Waals surface area contributed by atoms with E-state index < -0.39 is 0 Å². The number of hydrogen-bond donors (Lipinski definition) is 0. The molecule has 0 saturated heterocycles. The van der Waals surface area contributed by atoms with E-state index in [1.54, 1.807) is 13.2 Å². The molecule has 2 rings (SSSR count). The fraction of sp³-hybridized carbons (Fsp3) is 0.167. The normalized spacial score (nSPS) is 10.1. The first-order valence-electron chi connectivity index (χ1n) is 4.76. The van der Waals surface area contributed by atoms with Crippen molar-refractivity contribution in [1.29, 1.82) is 0 Å². The quantitative estimate of drug-likeness (QED) is 0.738. The van der Waals surface area contributed by atoms with Crippen molar-refractivity contribution in [3.63, 3.8) is 0 Å². The monoisotopic (exact) mass is 217 g/mol. The van der Waals surface area contributed by atoms with Crippen molar-refractivity contribution >= 4 is 17.2 Å². The molecular weight excluding hydrogens is 206 g/mol. The summed E-state index contributed by atoms with van der Waals surface area (Å²) in [6.07, 6.45) is 0.727. The third kappa shape index (κ3) is 1.69. The minimum Gasteiger partial charge on any atom is -0.497 e. The fourth-order valence-electron chi connectivity index (χ4n) is 1.53. The molecule has 0 unspecified atom stereocenters. The van der Waals surface area contributed by atoms with Gasteiger partial charge in [0.05, 0.1) is 25.3 Å². The average molecular weight is 217 g/mol. The minimum absolute atomic E-state index is 0.340. The molecule has 1 aromatic carbocycles. The highest BCUT2D eigenvalue weighted by molar-refractivity contribution is 5.89. The number of benzene rings is 1. The summed E-state index contributed by atoms with van der Waals surface area (Å²) in [5.41, 5.74) is 1.20. The van der Waals surface area contributed by atoms with Crippen LogP contribution in [0.1, 0.15) is 10.4 Å². The van der Waals surface area contributed by atoms with E-state index in [0.717, 1.165) is 22.9 Å². The Kier molecular flexibility index (Phi) is 2.72. The molecule has 0 N–H and O–H groups in total. The molecule has 0 radical (unpaired) electrons. The van der Waals surface area contributed by atoms with Gasteiger partial charge in [-0.1, -0.05) is 0 Å². The van der Waals surface area contributed by atoms with E-state index in [9.17, 15) is 4.79 Å². The van der Waals surface area contributed by atoms with Gasteiger partial charge in [-0.2, -0.15) is 0 Å². The van der Waals surface area contributed by atoms with Gasteiger partial charge in [0.2, 0.25) is 5.88 Å². The van der Waals surface area contributed by atoms with Crippen molar-refractivity contribution in [3.05, 3.63) is 29.8 Å². The first-order chi connectivity index (χ1) is 7.78. The number of aldehydes is 1. The maximum Gasteiger partial charge on any atom is 0.224 e. The van der Waals surface area contributed by atoms with Crippen LogP contribution in [0.2, 0.25) is 0 Å². The molecule has 0 fully saturated rings. The lowest BCUT2D eigenvalue weighted by Gasteiger charge is -2.06. The zero-order valence-electron chi connectivity index (χ0n) is 9.06. The summed E-state index contributed by atoms with van der Waals surface area (Å²) in [7, 11) is 3.09. The molecule has 0 aliphatic heterocycles. The number of carbonyl (C=O) groups is 1. The summed E-state index contributed by atoms with van der Waals surface area (Å²) >= 11 is 0. The van der Waals surface area contributed by atoms with Gasteiger partial charge in [-0.3, -0.25) is 4.79 Å². The molecule has 0 saturated carbocycles. The van der Waals surface area contributed by atoms with Crippen LogP contribution in [0.25, 0.3) is 10.9 Å². The molecule has 0 aliphatic carbocycles. The lowest BCUT2D eigenvalue weighted by molar-refractivity contribution is 0.112. The van der Waals surface area contributed by atoms with E-state index in [0.29, 0.717) is 11.4 Å². The third-order valence-electron chi connectivity index (χ3n) is 2.33. The Morgan fingerprint density at radius 2 is 2.00 bits per heavy atom. The minimum atomic E-state index is 0.340. The van der Waals surface area contributed by atoms with E-state index in [4.69, 9.17) is 9.47 Å². The second-order valence-corrected chi connectivity index (χ2v) is 3.26. The van der Waals surface area contributed by atoms with Crippen LogP contribution in [0.3, 0.4) is 0 Å². The third-order valence-corrected chi connectivity index (χ3v) is 2.33. The number of ether oxygens (including phenoxy) is 2. The Hall–Kier alpha value is -2.10. The van der Waals surface area contributed by atoms with Gasteiger partial charge in [0.1, 0.15) is 5.75 Å². The van der Waals surface area contributed by atoms with E-state index in [2.05, 4.69) is 4.98 Å². The molecule has 82 valence electrons. The van der Waals surface area contributed by atoms with Crippen molar-refractivity contribution in [2.45, 2.75) is 0 Å². The Bertz CT molecular complexity index is 537. The van der Waals surface area contributed by atoms with Crippen molar-refractivity contribution in [2.24, 2.45) is 0 Å². The van der Waals surface area contributed by atoms with Crippen molar-refractivity contribution in [1.82, 2.24) is 4.98 Å². The van der Waals surface area contributed by atoms with Crippen molar-refractivity contribution in [3.8, 4) is 11.6 Å². The second-order valence-electron chi connectivity index (χ2n) is 3.26. The van der Waals surface area contributed by atoms with Gasteiger partial charge >= 0.3 is 0 Å². The number of hydrogen-bond acceptors (Lipinski definition) is 4. The zero-order chi connectivity index (χ0) is 11.5. The maximum absolute atomic E-state index is 10.8. The molecule has 2 aromatic rings. The van der Waals surface area contributed by atoms with Gasteiger partial charge in [-0.25, -0.2) is 4.98 Å². The molecule has 1 heterocycles. The van der Waals surface area contributed by atoms with Crippen LogP contribution >= 0.6 is 0 Å². The summed E-state index contributed by atoms with van der Waals surface area (Å²) in [5, 5.41) is 0.849. The molecule has 0 amide bonds. The van der Waals surface area contributed by atoms with E-state index in [-0.39, 0.29) is 0 Å². The molecule has 0 bridgehead atoms.